The van der Waals surface area contributed by atoms with Gasteiger partial charge >= 0.3 is 0 Å². The highest BCUT2D eigenvalue weighted by Crippen LogP contribution is 2.26. The van der Waals surface area contributed by atoms with E-state index >= 15 is 0 Å². The lowest BCUT2D eigenvalue weighted by Gasteiger charge is -2.02. The largest absolute Gasteiger partial charge is 0.460 e. The van der Waals surface area contributed by atoms with Crippen LogP contribution in [0.3, 0.4) is 0 Å². The third-order valence-corrected chi connectivity index (χ3v) is 2.48. The predicted octanol–water partition coefficient (Wildman–Crippen LogP) is 2.69. The van der Waals surface area contributed by atoms with Gasteiger partial charge in [-0.05, 0) is 19.1 Å². The monoisotopic (exact) mass is 216 g/mol. The molecule has 0 radical (unpaired) electrons. The zero-order valence-electron chi connectivity index (χ0n) is 8.97. The van der Waals surface area contributed by atoms with Gasteiger partial charge in [0.1, 0.15) is 23.4 Å². The fourth-order valence-electron chi connectivity index (χ4n) is 1.71. The summed E-state index contributed by atoms with van der Waals surface area (Å²) in [4.78, 5) is 21.9. The van der Waals surface area contributed by atoms with Crippen LogP contribution in [0.15, 0.2) is 34.7 Å². The summed E-state index contributed by atoms with van der Waals surface area (Å²) in [6.45, 7) is 1.47. The van der Waals surface area contributed by atoms with Crippen LogP contribution in [-0.4, -0.2) is 12.1 Å². The molecule has 1 heterocycles. The summed E-state index contributed by atoms with van der Waals surface area (Å²) in [7, 11) is 0. The number of fused-ring (bicyclic) bond motifs is 1. The van der Waals surface area contributed by atoms with Crippen molar-refractivity contribution in [3.05, 3.63) is 36.1 Å². The van der Waals surface area contributed by atoms with Gasteiger partial charge in [-0.1, -0.05) is 18.2 Å². The minimum Gasteiger partial charge on any atom is -0.460 e. The van der Waals surface area contributed by atoms with Crippen molar-refractivity contribution in [2.24, 2.45) is 0 Å². The van der Waals surface area contributed by atoms with Crippen LogP contribution < -0.4 is 0 Å². The molecule has 0 amide bonds. The number of para-hydroxylation sites is 1. The van der Waals surface area contributed by atoms with E-state index in [0.29, 0.717) is 5.76 Å². The maximum atomic E-state index is 11.0. The highest BCUT2D eigenvalue weighted by atomic mass is 16.3. The summed E-state index contributed by atoms with van der Waals surface area (Å²) >= 11 is 0. The van der Waals surface area contributed by atoms with Crippen molar-refractivity contribution >= 4 is 23.0 Å². The molecular weight excluding hydrogens is 204 g/mol. The van der Waals surface area contributed by atoms with Gasteiger partial charge in [-0.2, -0.15) is 0 Å². The molecule has 3 heteroatoms. The first-order valence-electron chi connectivity index (χ1n) is 5.14. The molecule has 0 aliphatic heterocycles. The molecule has 0 bridgehead atoms. The average Bonchev–Trinajstić information content (AvgIpc) is 2.68. The lowest BCUT2D eigenvalue weighted by Crippen LogP contribution is -2.04. The summed E-state index contributed by atoms with van der Waals surface area (Å²) in [5, 5.41) is 0.952. The fraction of sp³-hybridized carbons (Fsp3) is 0.231. The van der Waals surface area contributed by atoms with Crippen molar-refractivity contribution in [2.75, 3.05) is 0 Å². The molecule has 0 saturated carbocycles. The highest BCUT2D eigenvalue weighted by Gasteiger charge is 2.17. The molecule has 3 nitrogen and oxygen atoms in total. The van der Waals surface area contributed by atoms with Gasteiger partial charge in [0, 0.05) is 11.8 Å². The molecule has 1 atom stereocenters. The number of furan rings is 1. The van der Waals surface area contributed by atoms with Gasteiger partial charge in [0.05, 0.1) is 5.92 Å². The van der Waals surface area contributed by atoms with Crippen molar-refractivity contribution in [3.63, 3.8) is 0 Å². The quantitative estimate of drug-likeness (QED) is 0.738. The molecule has 2 aromatic rings. The van der Waals surface area contributed by atoms with Gasteiger partial charge in [-0.25, -0.2) is 0 Å². The number of hydrogen-bond acceptors (Lipinski definition) is 3. The standard InChI is InChI=1S/C13H12O3/c1-9(15)6-11(8-14)13-7-10-4-2-3-5-12(10)16-13/h2-5,7-8,11H,6H2,1H3. The van der Waals surface area contributed by atoms with Gasteiger partial charge in [0.25, 0.3) is 0 Å². The van der Waals surface area contributed by atoms with Crippen molar-refractivity contribution in [2.45, 2.75) is 19.3 Å². The lowest BCUT2D eigenvalue weighted by atomic mass is 10.0. The minimum atomic E-state index is -0.468. The Labute approximate surface area is 93.1 Å². The van der Waals surface area contributed by atoms with Crippen molar-refractivity contribution in [3.8, 4) is 0 Å². The smallest absolute Gasteiger partial charge is 0.134 e. The first kappa shape index (κ1) is 10.6. The van der Waals surface area contributed by atoms with Crippen LogP contribution in [0.1, 0.15) is 25.0 Å². The van der Waals surface area contributed by atoms with Crippen molar-refractivity contribution in [1.29, 1.82) is 0 Å². The minimum absolute atomic E-state index is 0.0162. The van der Waals surface area contributed by atoms with Crippen LogP contribution in [-0.2, 0) is 9.59 Å². The Bertz CT molecular complexity index is 492. The maximum absolute atomic E-state index is 11.0. The number of Topliss-reactive ketones (excluding diaryl/α,β-unsaturated/α-hetero) is 1. The number of hydrogen-bond donors (Lipinski definition) is 0. The highest BCUT2D eigenvalue weighted by molar-refractivity contribution is 5.83. The van der Waals surface area contributed by atoms with Crippen LogP contribution in [0.2, 0.25) is 0 Å². The molecule has 1 aromatic heterocycles. The van der Waals surface area contributed by atoms with E-state index in [0.717, 1.165) is 17.3 Å². The Morgan fingerprint density at radius 3 is 2.81 bits per heavy atom. The number of aldehydes is 1. The molecule has 0 aliphatic carbocycles. The molecule has 0 fully saturated rings. The molecule has 16 heavy (non-hydrogen) atoms. The lowest BCUT2D eigenvalue weighted by molar-refractivity contribution is -0.119. The summed E-state index contributed by atoms with van der Waals surface area (Å²) in [5.74, 6) is 0.0776. The summed E-state index contributed by atoms with van der Waals surface area (Å²) < 4.78 is 5.54. The second-order valence-corrected chi connectivity index (χ2v) is 3.84. The summed E-state index contributed by atoms with van der Waals surface area (Å²) in [6, 6.07) is 9.35. The topological polar surface area (TPSA) is 47.3 Å². The van der Waals surface area contributed by atoms with E-state index in [9.17, 15) is 9.59 Å². The van der Waals surface area contributed by atoms with Gasteiger partial charge in [-0.3, -0.25) is 4.79 Å². The molecule has 0 spiro atoms. The van der Waals surface area contributed by atoms with E-state index < -0.39 is 5.92 Å². The number of rotatable bonds is 4. The predicted molar refractivity (Wildman–Crippen MR) is 60.3 cm³/mol. The molecule has 82 valence electrons. The molecule has 2 rings (SSSR count). The van der Waals surface area contributed by atoms with Crippen molar-refractivity contribution < 1.29 is 14.0 Å². The first-order chi connectivity index (χ1) is 7.70. The van der Waals surface area contributed by atoms with Gasteiger partial charge < -0.3 is 9.21 Å². The van der Waals surface area contributed by atoms with Crippen molar-refractivity contribution in [1.82, 2.24) is 0 Å². The van der Waals surface area contributed by atoms with Crippen LogP contribution in [0.25, 0.3) is 11.0 Å². The average molecular weight is 216 g/mol. The van der Waals surface area contributed by atoms with Crippen LogP contribution in [0, 0.1) is 0 Å². The van der Waals surface area contributed by atoms with Gasteiger partial charge in [-0.15, -0.1) is 0 Å². The Kier molecular flexibility index (Phi) is 2.86. The normalized spacial score (nSPS) is 12.6. The van der Waals surface area contributed by atoms with Gasteiger partial charge in [0.15, 0.2) is 0 Å². The zero-order valence-corrected chi connectivity index (χ0v) is 8.97. The molecule has 0 N–H and O–H groups in total. The van der Waals surface area contributed by atoms with Crippen LogP contribution >= 0.6 is 0 Å². The Morgan fingerprint density at radius 2 is 2.19 bits per heavy atom. The Balaban J connectivity index is 2.37. The van der Waals surface area contributed by atoms with Crippen LogP contribution in [0.4, 0.5) is 0 Å². The van der Waals surface area contributed by atoms with Gasteiger partial charge in [0.2, 0.25) is 0 Å². The fourth-order valence-corrected chi connectivity index (χ4v) is 1.71. The SMILES string of the molecule is CC(=O)CC(C=O)c1cc2ccccc2o1. The van der Waals surface area contributed by atoms with E-state index in [1.54, 1.807) is 0 Å². The number of carbonyl (C=O) groups is 2. The molecule has 0 saturated heterocycles. The second-order valence-electron chi connectivity index (χ2n) is 3.84. The molecule has 1 aromatic carbocycles. The second kappa shape index (κ2) is 4.31. The maximum Gasteiger partial charge on any atom is 0.134 e. The third kappa shape index (κ3) is 2.03. The number of ketones is 1. The Hall–Kier alpha value is -1.90. The van der Waals surface area contributed by atoms with E-state index in [2.05, 4.69) is 0 Å². The summed E-state index contributed by atoms with van der Waals surface area (Å²) in [6.07, 6.45) is 0.961. The number of benzene rings is 1. The molecule has 0 aliphatic rings. The van der Waals surface area contributed by atoms with E-state index in [1.165, 1.54) is 6.92 Å². The third-order valence-electron chi connectivity index (χ3n) is 2.48. The zero-order chi connectivity index (χ0) is 11.5. The molecule has 1 unspecified atom stereocenters. The first-order valence-corrected chi connectivity index (χ1v) is 5.14. The van der Waals surface area contributed by atoms with E-state index in [-0.39, 0.29) is 12.2 Å². The number of carbonyl (C=O) groups excluding carboxylic acids is 2. The summed E-state index contributed by atoms with van der Waals surface area (Å²) in [5.41, 5.74) is 0.743. The molecular formula is C13H12O3. The van der Waals surface area contributed by atoms with Crippen LogP contribution in [0.5, 0.6) is 0 Å². The van der Waals surface area contributed by atoms with E-state index in [4.69, 9.17) is 4.42 Å². The van der Waals surface area contributed by atoms with E-state index in [1.807, 2.05) is 30.3 Å². The Morgan fingerprint density at radius 1 is 1.44 bits per heavy atom.